The summed E-state index contributed by atoms with van der Waals surface area (Å²) in [6, 6.07) is 6.78. The zero-order valence-corrected chi connectivity index (χ0v) is 12.9. The Hall–Kier alpha value is -1.11. The van der Waals surface area contributed by atoms with Crippen molar-refractivity contribution in [1.29, 1.82) is 0 Å². The number of likely N-dealkylation sites (tertiary alicyclic amines) is 1. The van der Waals surface area contributed by atoms with Crippen molar-refractivity contribution in [3.8, 4) is 0 Å². The fourth-order valence-electron chi connectivity index (χ4n) is 2.77. The number of nitrogen functional groups attached to an aromatic ring is 1. The third-order valence-electron chi connectivity index (χ3n) is 3.94. The Morgan fingerprint density at radius 3 is 2.85 bits per heavy atom. The van der Waals surface area contributed by atoms with Gasteiger partial charge in [0, 0.05) is 25.3 Å². The fourth-order valence-corrected chi connectivity index (χ4v) is 4.03. The van der Waals surface area contributed by atoms with Gasteiger partial charge in [-0.05, 0) is 44.1 Å². The van der Waals surface area contributed by atoms with E-state index in [0.29, 0.717) is 18.3 Å². The highest BCUT2D eigenvalue weighted by Gasteiger charge is 2.29. The first-order valence-electron chi connectivity index (χ1n) is 7.01. The minimum atomic E-state index is -3.45. The first kappa shape index (κ1) is 15.3. The molecule has 0 bridgehead atoms. The van der Waals surface area contributed by atoms with Crippen LogP contribution in [0.5, 0.6) is 0 Å². The van der Waals surface area contributed by atoms with E-state index in [9.17, 15) is 8.42 Å². The lowest BCUT2D eigenvalue weighted by Crippen LogP contribution is -2.41. The Kier molecular flexibility index (Phi) is 4.67. The van der Waals surface area contributed by atoms with Crippen molar-refractivity contribution < 1.29 is 8.42 Å². The summed E-state index contributed by atoms with van der Waals surface area (Å²) < 4.78 is 26.5. The number of rotatable bonds is 5. The number of anilines is 1. The van der Waals surface area contributed by atoms with Gasteiger partial charge in [0.1, 0.15) is 0 Å². The first-order valence-corrected chi connectivity index (χ1v) is 8.45. The molecule has 6 heteroatoms. The molecule has 112 valence electrons. The van der Waals surface area contributed by atoms with Crippen LogP contribution >= 0.6 is 0 Å². The van der Waals surface area contributed by atoms with Crippen LogP contribution in [0.4, 0.5) is 5.69 Å². The van der Waals surface area contributed by atoms with E-state index in [2.05, 4.69) is 11.8 Å². The van der Waals surface area contributed by atoms with E-state index in [4.69, 9.17) is 5.73 Å². The number of nitrogens with two attached hydrogens (primary N) is 1. The summed E-state index contributed by atoms with van der Waals surface area (Å²) in [5.41, 5.74) is 6.14. The number of likely N-dealkylation sites (N-methyl/N-ethyl adjacent to an activating group) is 2. The average Bonchev–Trinajstić information content (AvgIpc) is 2.86. The molecule has 0 aromatic heterocycles. The lowest BCUT2D eigenvalue weighted by atomic mass is 10.2. The van der Waals surface area contributed by atoms with Gasteiger partial charge in [0.25, 0.3) is 0 Å². The summed E-state index contributed by atoms with van der Waals surface area (Å²) in [4.78, 5) is 2.60. The molecule has 1 unspecified atom stereocenters. The largest absolute Gasteiger partial charge is 0.399 e. The van der Waals surface area contributed by atoms with Gasteiger partial charge in [-0.15, -0.1) is 0 Å². The lowest BCUT2D eigenvalue weighted by molar-refractivity contribution is 0.237. The second kappa shape index (κ2) is 6.11. The number of hydrogen-bond donors (Lipinski definition) is 1. The predicted molar refractivity (Wildman–Crippen MR) is 80.9 cm³/mol. The second-order valence-electron chi connectivity index (χ2n) is 5.28. The van der Waals surface area contributed by atoms with Crippen molar-refractivity contribution in [2.24, 2.45) is 0 Å². The van der Waals surface area contributed by atoms with Gasteiger partial charge in [0.15, 0.2) is 0 Å². The number of hydrogen-bond acceptors (Lipinski definition) is 4. The third kappa shape index (κ3) is 3.13. The van der Waals surface area contributed by atoms with E-state index in [1.54, 1.807) is 25.2 Å². The molecular formula is C14H23N3O2S. The molecule has 1 fully saturated rings. The van der Waals surface area contributed by atoms with Gasteiger partial charge in [0.2, 0.25) is 10.0 Å². The molecular weight excluding hydrogens is 274 g/mol. The maximum atomic E-state index is 12.5. The molecule has 1 heterocycles. The van der Waals surface area contributed by atoms with Crippen molar-refractivity contribution in [1.82, 2.24) is 9.21 Å². The SMILES string of the molecule is CCN1CCCC1CN(C)S(=O)(=O)c1cccc(N)c1. The van der Waals surface area contributed by atoms with Crippen LogP contribution in [-0.4, -0.2) is 50.3 Å². The minimum Gasteiger partial charge on any atom is -0.399 e. The minimum absolute atomic E-state index is 0.265. The van der Waals surface area contributed by atoms with Crippen LogP contribution in [0.3, 0.4) is 0 Å². The highest BCUT2D eigenvalue weighted by molar-refractivity contribution is 7.89. The molecule has 0 saturated carbocycles. The molecule has 1 aliphatic rings. The van der Waals surface area contributed by atoms with Crippen LogP contribution in [0.15, 0.2) is 29.2 Å². The maximum absolute atomic E-state index is 12.5. The number of sulfonamides is 1. The molecule has 20 heavy (non-hydrogen) atoms. The zero-order chi connectivity index (χ0) is 14.8. The molecule has 1 aromatic rings. The van der Waals surface area contributed by atoms with E-state index in [-0.39, 0.29) is 4.90 Å². The van der Waals surface area contributed by atoms with Crippen LogP contribution in [0.1, 0.15) is 19.8 Å². The molecule has 5 nitrogen and oxygen atoms in total. The van der Waals surface area contributed by atoms with Gasteiger partial charge >= 0.3 is 0 Å². The molecule has 1 saturated heterocycles. The average molecular weight is 297 g/mol. The Morgan fingerprint density at radius 2 is 2.20 bits per heavy atom. The van der Waals surface area contributed by atoms with Gasteiger partial charge in [0.05, 0.1) is 4.90 Å². The quantitative estimate of drug-likeness (QED) is 0.834. The van der Waals surface area contributed by atoms with Crippen LogP contribution in [0, 0.1) is 0 Å². The van der Waals surface area contributed by atoms with E-state index in [1.165, 1.54) is 10.4 Å². The fraction of sp³-hybridized carbons (Fsp3) is 0.571. The van der Waals surface area contributed by atoms with Crippen molar-refractivity contribution in [2.75, 3.05) is 32.4 Å². The van der Waals surface area contributed by atoms with Crippen molar-refractivity contribution in [3.63, 3.8) is 0 Å². The number of benzene rings is 1. The smallest absolute Gasteiger partial charge is 0.242 e. The molecule has 0 aliphatic carbocycles. The Balaban J connectivity index is 2.13. The van der Waals surface area contributed by atoms with Gasteiger partial charge < -0.3 is 5.73 Å². The van der Waals surface area contributed by atoms with E-state index in [0.717, 1.165) is 25.9 Å². The highest BCUT2D eigenvalue weighted by atomic mass is 32.2. The third-order valence-corrected chi connectivity index (χ3v) is 5.76. The lowest BCUT2D eigenvalue weighted by Gasteiger charge is -2.27. The van der Waals surface area contributed by atoms with Crippen LogP contribution in [0.2, 0.25) is 0 Å². The van der Waals surface area contributed by atoms with Gasteiger partial charge in [-0.1, -0.05) is 13.0 Å². The normalized spacial score (nSPS) is 20.6. The van der Waals surface area contributed by atoms with Gasteiger partial charge in [-0.25, -0.2) is 8.42 Å². The van der Waals surface area contributed by atoms with Crippen molar-refractivity contribution in [2.45, 2.75) is 30.7 Å². The van der Waals surface area contributed by atoms with Crippen molar-refractivity contribution in [3.05, 3.63) is 24.3 Å². The molecule has 2 rings (SSSR count). The topological polar surface area (TPSA) is 66.6 Å². The van der Waals surface area contributed by atoms with Crippen LogP contribution < -0.4 is 5.73 Å². The van der Waals surface area contributed by atoms with Crippen molar-refractivity contribution >= 4 is 15.7 Å². The summed E-state index contributed by atoms with van der Waals surface area (Å²) in [5, 5.41) is 0. The van der Waals surface area contributed by atoms with E-state index >= 15 is 0 Å². The number of nitrogens with zero attached hydrogens (tertiary/aromatic N) is 2. The molecule has 1 aliphatic heterocycles. The Bertz CT molecular complexity index is 559. The second-order valence-corrected chi connectivity index (χ2v) is 7.33. The molecule has 1 aromatic carbocycles. The maximum Gasteiger partial charge on any atom is 0.242 e. The molecule has 2 N–H and O–H groups in total. The summed E-state index contributed by atoms with van der Waals surface area (Å²) >= 11 is 0. The monoisotopic (exact) mass is 297 g/mol. The summed E-state index contributed by atoms with van der Waals surface area (Å²) in [5.74, 6) is 0. The summed E-state index contributed by atoms with van der Waals surface area (Å²) in [6.07, 6.45) is 2.20. The summed E-state index contributed by atoms with van der Waals surface area (Å²) in [6.45, 7) is 4.68. The van der Waals surface area contributed by atoms with Gasteiger partial charge in [-0.3, -0.25) is 4.90 Å². The Labute approximate surface area is 121 Å². The highest BCUT2D eigenvalue weighted by Crippen LogP contribution is 2.21. The summed E-state index contributed by atoms with van der Waals surface area (Å²) in [7, 11) is -1.81. The molecule has 0 radical (unpaired) electrons. The van der Waals surface area contributed by atoms with E-state index < -0.39 is 10.0 Å². The van der Waals surface area contributed by atoms with Crippen LogP contribution in [0.25, 0.3) is 0 Å². The predicted octanol–water partition coefficient (Wildman–Crippen LogP) is 1.37. The molecule has 1 atom stereocenters. The van der Waals surface area contributed by atoms with Gasteiger partial charge in [-0.2, -0.15) is 4.31 Å². The standard InChI is InChI=1S/C14H23N3O2S/c1-3-17-9-5-7-13(17)11-16(2)20(18,19)14-8-4-6-12(15)10-14/h4,6,8,10,13H,3,5,7,9,11,15H2,1-2H3. The molecule has 0 spiro atoms. The molecule has 0 amide bonds. The zero-order valence-electron chi connectivity index (χ0n) is 12.1. The Morgan fingerprint density at radius 1 is 1.45 bits per heavy atom. The van der Waals surface area contributed by atoms with E-state index in [1.807, 2.05) is 0 Å². The van der Waals surface area contributed by atoms with Crippen LogP contribution in [-0.2, 0) is 10.0 Å². The first-order chi connectivity index (χ1) is 9.45.